The number of hydrogen-bond donors (Lipinski definition) is 0. The molecular formula is C16H24N2O4S. The highest BCUT2D eigenvalue weighted by Crippen LogP contribution is 2.14. The second-order valence-corrected chi connectivity index (χ2v) is 8.11. The molecule has 128 valence electrons. The number of amides is 1. The van der Waals surface area contributed by atoms with Crippen LogP contribution in [0.3, 0.4) is 0 Å². The van der Waals surface area contributed by atoms with Gasteiger partial charge in [-0.1, -0.05) is 18.2 Å². The number of benzene rings is 1. The molecule has 7 heteroatoms. The Morgan fingerprint density at radius 3 is 2.43 bits per heavy atom. The lowest BCUT2D eigenvalue weighted by molar-refractivity contribution is 0.0639. The molecule has 1 saturated heterocycles. The molecule has 0 aromatic heterocycles. The Morgan fingerprint density at radius 1 is 1.17 bits per heavy atom. The van der Waals surface area contributed by atoms with Gasteiger partial charge in [-0.15, -0.1) is 0 Å². The first kappa shape index (κ1) is 17.9. The Hall–Kier alpha value is -1.44. The minimum absolute atomic E-state index is 0.0143. The third-order valence-electron chi connectivity index (χ3n) is 3.99. The molecule has 1 heterocycles. The molecule has 0 radical (unpaired) electrons. The molecule has 0 unspecified atom stereocenters. The molecule has 1 aliphatic rings. The van der Waals surface area contributed by atoms with Crippen molar-refractivity contribution in [2.45, 2.75) is 6.61 Å². The van der Waals surface area contributed by atoms with Crippen LogP contribution in [0.5, 0.6) is 0 Å². The van der Waals surface area contributed by atoms with Crippen LogP contribution in [0, 0.1) is 0 Å². The van der Waals surface area contributed by atoms with Crippen LogP contribution in [0.15, 0.2) is 24.3 Å². The Kier molecular flexibility index (Phi) is 6.15. The van der Waals surface area contributed by atoms with Gasteiger partial charge >= 0.3 is 0 Å². The van der Waals surface area contributed by atoms with Gasteiger partial charge in [-0.2, -0.15) is 0 Å². The zero-order valence-electron chi connectivity index (χ0n) is 13.7. The lowest BCUT2D eigenvalue weighted by atomic mass is 10.1. The maximum atomic E-state index is 12.7. The first-order chi connectivity index (χ1) is 10.9. The summed E-state index contributed by atoms with van der Waals surface area (Å²) in [6.07, 6.45) is 1.25. The number of carbonyl (C=O) groups is 1. The molecule has 0 bridgehead atoms. The van der Waals surface area contributed by atoms with E-state index in [4.69, 9.17) is 4.74 Å². The van der Waals surface area contributed by atoms with Crippen molar-refractivity contribution in [3.63, 3.8) is 0 Å². The Labute approximate surface area is 137 Å². The van der Waals surface area contributed by atoms with Crippen molar-refractivity contribution in [2.75, 3.05) is 51.8 Å². The maximum absolute atomic E-state index is 12.7. The van der Waals surface area contributed by atoms with Gasteiger partial charge in [0.1, 0.15) is 9.84 Å². The van der Waals surface area contributed by atoms with Gasteiger partial charge in [0.05, 0.1) is 12.4 Å². The van der Waals surface area contributed by atoms with Crippen molar-refractivity contribution in [1.82, 2.24) is 9.80 Å². The smallest absolute Gasteiger partial charge is 0.254 e. The van der Waals surface area contributed by atoms with Crippen LogP contribution in [-0.4, -0.2) is 76.0 Å². The largest absolute Gasteiger partial charge is 0.380 e. The molecule has 1 aliphatic heterocycles. The molecule has 1 aromatic rings. The van der Waals surface area contributed by atoms with E-state index in [9.17, 15) is 13.2 Å². The molecule has 1 amide bonds. The summed E-state index contributed by atoms with van der Waals surface area (Å²) >= 11 is 0. The highest BCUT2D eigenvalue weighted by molar-refractivity contribution is 7.90. The maximum Gasteiger partial charge on any atom is 0.254 e. The number of piperazine rings is 1. The van der Waals surface area contributed by atoms with Crippen LogP contribution >= 0.6 is 0 Å². The molecule has 23 heavy (non-hydrogen) atoms. The summed E-state index contributed by atoms with van der Waals surface area (Å²) in [5.41, 5.74) is 1.57. The van der Waals surface area contributed by atoms with E-state index in [0.717, 1.165) is 5.56 Å². The van der Waals surface area contributed by atoms with Crippen LogP contribution in [0.2, 0.25) is 0 Å². The van der Waals surface area contributed by atoms with E-state index < -0.39 is 9.84 Å². The lowest BCUT2D eigenvalue weighted by Gasteiger charge is -2.34. The first-order valence-corrected chi connectivity index (χ1v) is 9.73. The number of nitrogens with zero attached hydrogens (tertiary/aromatic N) is 2. The third-order valence-corrected chi connectivity index (χ3v) is 4.91. The zero-order valence-corrected chi connectivity index (χ0v) is 14.5. The lowest BCUT2D eigenvalue weighted by Crippen LogP contribution is -2.49. The highest BCUT2D eigenvalue weighted by Gasteiger charge is 2.23. The summed E-state index contributed by atoms with van der Waals surface area (Å²) in [5, 5.41) is 0. The standard InChI is InChI=1S/C16H24N2O4S/c1-22-13-14-5-3-4-6-15(14)16(19)18-9-7-17(8-10-18)11-12-23(2,20)21/h3-6H,7-13H2,1-2H3. The van der Waals surface area contributed by atoms with Crippen molar-refractivity contribution in [1.29, 1.82) is 0 Å². The van der Waals surface area contributed by atoms with E-state index >= 15 is 0 Å². The molecule has 0 aliphatic carbocycles. The predicted octanol–water partition coefficient (Wildman–Crippen LogP) is 0.635. The number of methoxy groups -OCH3 is 1. The zero-order chi connectivity index (χ0) is 16.9. The average molecular weight is 340 g/mol. The van der Waals surface area contributed by atoms with Crippen molar-refractivity contribution < 1.29 is 17.9 Å². The SMILES string of the molecule is COCc1ccccc1C(=O)N1CCN(CCS(C)(=O)=O)CC1. The van der Waals surface area contributed by atoms with Crippen molar-refractivity contribution in [3.8, 4) is 0 Å². The molecule has 0 saturated carbocycles. The number of carbonyl (C=O) groups excluding carboxylic acids is 1. The first-order valence-electron chi connectivity index (χ1n) is 7.67. The Bertz CT molecular complexity index is 637. The Morgan fingerprint density at radius 2 is 1.83 bits per heavy atom. The molecule has 0 N–H and O–H groups in total. The summed E-state index contributed by atoms with van der Waals surface area (Å²) in [5.74, 6) is 0.179. The molecule has 1 aromatic carbocycles. The second-order valence-electron chi connectivity index (χ2n) is 5.85. The van der Waals surface area contributed by atoms with Crippen LogP contribution in [0.1, 0.15) is 15.9 Å². The van der Waals surface area contributed by atoms with E-state index in [1.165, 1.54) is 6.26 Å². The molecule has 6 nitrogen and oxygen atoms in total. The highest BCUT2D eigenvalue weighted by atomic mass is 32.2. The fraction of sp³-hybridized carbons (Fsp3) is 0.562. The average Bonchev–Trinajstić information content (AvgIpc) is 2.53. The van der Waals surface area contributed by atoms with Crippen LogP contribution in [0.25, 0.3) is 0 Å². The van der Waals surface area contributed by atoms with Crippen molar-refractivity contribution in [3.05, 3.63) is 35.4 Å². The number of hydrogen-bond acceptors (Lipinski definition) is 5. The minimum Gasteiger partial charge on any atom is -0.380 e. The topological polar surface area (TPSA) is 66.9 Å². The number of ether oxygens (including phenoxy) is 1. The number of rotatable bonds is 6. The van der Waals surface area contributed by atoms with Gasteiger partial charge in [0.15, 0.2) is 0 Å². The summed E-state index contributed by atoms with van der Waals surface area (Å²) in [7, 11) is -1.33. The van der Waals surface area contributed by atoms with Gasteiger partial charge in [-0.3, -0.25) is 9.69 Å². The van der Waals surface area contributed by atoms with E-state index in [2.05, 4.69) is 4.90 Å². The van der Waals surface area contributed by atoms with Crippen LogP contribution in [0.4, 0.5) is 0 Å². The van der Waals surface area contributed by atoms with E-state index in [-0.39, 0.29) is 11.7 Å². The summed E-state index contributed by atoms with van der Waals surface area (Å²) < 4.78 is 27.6. The fourth-order valence-electron chi connectivity index (χ4n) is 2.65. The monoisotopic (exact) mass is 340 g/mol. The summed E-state index contributed by atoms with van der Waals surface area (Å²) in [6.45, 7) is 3.58. The van der Waals surface area contributed by atoms with Crippen LogP contribution in [-0.2, 0) is 21.2 Å². The quantitative estimate of drug-likeness (QED) is 0.760. The normalized spacial score (nSPS) is 16.5. The number of sulfone groups is 1. The van der Waals surface area contributed by atoms with Gasteiger partial charge < -0.3 is 9.64 Å². The van der Waals surface area contributed by atoms with E-state index in [0.29, 0.717) is 44.9 Å². The van der Waals surface area contributed by atoms with Crippen LogP contribution < -0.4 is 0 Å². The second kappa shape index (κ2) is 7.90. The van der Waals surface area contributed by atoms with E-state index in [1.807, 2.05) is 29.2 Å². The summed E-state index contributed by atoms with van der Waals surface area (Å²) in [4.78, 5) is 16.6. The van der Waals surface area contributed by atoms with Gasteiger partial charge in [-0.05, 0) is 11.6 Å². The molecular weight excluding hydrogens is 316 g/mol. The van der Waals surface area contributed by atoms with Crippen molar-refractivity contribution in [2.24, 2.45) is 0 Å². The third kappa shape index (κ3) is 5.30. The van der Waals surface area contributed by atoms with Gasteiger partial charge in [0.2, 0.25) is 0 Å². The Balaban J connectivity index is 1.94. The summed E-state index contributed by atoms with van der Waals surface area (Å²) in [6, 6.07) is 7.48. The minimum atomic E-state index is -2.94. The van der Waals surface area contributed by atoms with Gasteiger partial charge in [0.25, 0.3) is 5.91 Å². The van der Waals surface area contributed by atoms with Gasteiger partial charge in [0, 0.05) is 51.7 Å². The van der Waals surface area contributed by atoms with Crippen molar-refractivity contribution >= 4 is 15.7 Å². The molecule has 0 atom stereocenters. The predicted molar refractivity (Wildman–Crippen MR) is 89.2 cm³/mol. The molecule has 0 spiro atoms. The van der Waals surface area contributed by atoms with E-state index in [1.54, 1.807) is 7.11 Å². The molecule has 1 fully saturated rings. The van der Waals surface area contributed by atoms with Gasteiger partial charge in [-0.25, -0.2) is 8.42 Å². The molecule has 2 rings (SSSR count). The fourth-order valence-corrected chi connectivity index (χ4v) is 3.24.